The Morgan fingerprint density at radius 3 is 2.62 bits per heavy atom. The summed E-state index contributed by atoms with van der Waals surface area (Å²) in [5.41, 5.74) is 2.04. The fourth-order valence-electron chi connectivity index (χ4n) is 3.20. The first kappa shape index (κ1) is 22.8. The van der Waals surface area contributed by atoms with Gasteiger partial charge >= 0.3 is 5.97 Å². The molecule has 0 aliphatic heterocycles. The molecule has 0 aliphatic rings. The third-order valence-corrected chi connectivity index (χ3v) is 4.59. The number of hydrogen-bond donors (Lipinski definition) is 0. The van der Waals surface area contributed by atoms with Gasteiger partial charge in [-0.15, -0.1) is 0 Å². The van der Waals surface area contributed by atoms with Gasteiger partial charge < -0.3 is 18.9 Å². The molecule has 0 spiro atoms. The van der Waals surface area contributed by atoms with E-state index in [2.05, 4.69) is 19.9 Å². The maximum absolute atomic E-state index is 11.8. The highest BCUT2D eigenvalue weighted by Crippen LogP contribution is 2.41. The summed E-state index contributed by atoms with van der Waals surface area (Å²) in [6.45, 7) is 7.15. The first-order valence-corrected chi connectivity index (χ1v) is 10.3. The molecule has 0 unspecified atom stereocenters. The Hall–Kier alpha value is -2.53. The van der Waals surface area contributed by atoms with Crippen molar-refractivity contribution in [1.82, 2.24) is 0 Å². The van der Waals surface area contributed by atoms with Crippen molar-refractivity contribution in [3.63, 3.8) is 0 Å². The van der Waals surface area contributed by atoms with Crippen LogP contribution in [0.25, 0.3) is 16.8 Å². The summed E-state index contributed by atoms with van der Waals surface area (Å²) in [6.07, 6.45) is 7.29. The van der Waals surface area contributed by atoms with Crippen LogP contribution in [0.2, 0.25) is 0 Å². The highest BCUT2D eigenvalue weighted by Gasteiger charge is 2.17. The molecule has 5 heteroatoms. The summed E-state index contributed by atoms with van der Waals surface area (Å²) in [7, 11) is 1.60. The lowest BCUT2D eigenvalue weighted by Crippen LogP contribution is -2.06. The topological polar surface area (TPSA) is 54.0 Å². The smallest absolute Gasteiger partial charge is 0.330 e. The molecule has 0 bridgehead atoms. The maximum atomic E-state index is 11.8. The third-order valence-electron chi connectivity index (χ3n) is 4.59. The molecule has 2 aromatic carbocycles. The van der Waals surface area contributed by atoms with Crippen LogP contribution in [-0.2, 0) is 20.7 Å². The first-order valence-electron chi connectivity index (χ1n) is 10.3. The van der Waals surface area contributed by atoms with E-state index < -0.39 is 0 Å². The lowest BCUT2D eigenvalue weighted by atomic mass is 9.96. The lowest BCUT2D eigenvalue weighted by molar-refractivity contribution is -0.137. The minimum Gasteiger partial charge on any atom is -0.490 e. The molecule has 2 aromatic rings. The number of carbonyl (C=O) groups excluding carboxylic acids is 1. The number of unbranched alkanes of at least 4 members (excludes halogenated alkanes) is 2. The van der Waals surface area contributed by atoms with Crippen LogP contribution in [0.3, 0.4) is 0 Å². The van der Waals surface area contributed by atoms with E-state index in [1.807, 2.05) is 18.2 Å². The predicted molar refractivity (Wildman–Crippen MR) is 117 cm³/mol. The van der Waals surface area contributed by atoms with Crippen molar-refractivity contribution in [3.8, 4) is 11.5 Å². The van der Waals surface area contributed by atoms with E-state index in [-0.39, 0.29) is 12.8 Å². The van der Waals surface area contributed by atoms with E-state index >= 15 is 0 Å². The van der Waals surface area contributed by atoms with Crippen LogP contribution in [0.4, 0.5) is 0 Å². The van der Waals surface area contributed by atoms with Gasteiger partial charge in [0.25, 0.3) is 0 Å². The molecule has 0 amide bonds. The fraction of sp³-hybridized carbons (Fsp3) is 0.458. The predicted octanol–water partition coefficient (Wildman–Crippen LogP) is 5.53. The second-order valence-electron chi connectivity index (χ2n) is 6.68. The average molecular weight is 401 g/mol. The fourth-order valence-corrected chi connectivity index (χ4v) is 3.20. The lowest BCUT2D eigenvalue weighted by Gasteiger charge is -2.18. The number of aryl methyl sites for hydroxylation is 1. The van der Waals surface area contributed by atoms with Crippen LogP contribution in [0, 0.1) is 0 Å². The van der Waals surface area contributed by atoms with E-state index in [0.717, 1.165) is 47.6 Å². The Morgan fingerprint density at radius 2 is 1.93 bits per heavy atom. The van der Waals surface area contributed by atoms with Gasteiger partial charge in [0.1, 0.15) is 0 Å². The van der Waals surface area contributed by atoms with Gasteiger partial charge in [-0.3, -0.25) is 0 Å². The molecular formula is C24H32O5. The highest BCUT2D eigenvalue weighted by molar-refractivity contribution is 6.01. The summed E-state index contributed by atoms with van der Waals surface area (Å²) < 4.78 is 22.2. The van der Waals surface area contributed by atoms with Crippen molar-refractivity contribution < 1.29 is 23.7 Å². The second-order valence-corrected chi connectivity index (χ2v) is 6.68. The standard InChI is InChI=1S/C24H32O5/c1-5-8-9-15-28-21-16-19(13-14-22(25)27-7-3)20-12-10-11-18(6-2)23(20)24(21)29-17-26-4/h10-14,16H,5-9,15,17H2,1-4H3/b14-13+. The van der Waals surface area contributed by atoms with E-state index in [0.29, 0.717) is 24.7 Å². The maximum Gasteiger partial charge on any atom is 0.330 e. The summed E-state index contributed by atoms with van der Waals surface area (Å²) in [4.78, 5) is 11.8. The van der Waals surface area contributed by atoms with Crippen LogP contribution in [0.1, 0.15) is 51.2 Å². The van der Waals surface area contributed by atoms with Gasteiger partial charge in [-0.25, -0.2) is 4.79 Å². The van der Waals surface area contributed by atoms with Crippen molar-refractivity contribution in [3.05, 3.63) is 41.5 Å². The molecule has 0 aromatic heterocycles. The number of hydrogen-bond acceptors (Lipinski definition) is 5. The Balaban J connectivity index is 2.58. The SMILES string of the molecule is CCCCCOc1cc(/C=C/C(=O)OCC)c2cccc(CC)c2c1OCOC. The number of esters is 1. The Bertz CT molecular complexity index is 826. The van der Waals surface area contributed by atoms with Crippen molar-refractivity contribution >= 4 is 22.8 Å². The zero-order valence-corrected chi connectivity index (χ0v) is 18.0. The molecule has 5 nitrogen and oxygen atoms in total. The monoisotopic (exact) mass is 400 g/mol. The van der Waals surface area contributed by atoms with Gasteiger partial charge in [0.05, 0.1) is 13.2 Å². The number of rotatable bonds is 12. The summed E-state index contributed by atoms with van der Waals surface area (Å²) in [5, 5.41) is 1.99. The average Bonchev–Trinajstić information content (AvgIpc) is 2.74. The van der Waals surface area contributed by atoms with E-state index in [1.165, 1.54) is 6.08 Å². The number of carbonyl (C=O) groups is 1. The molecule has 0 N–H and O–H groups in total. The van der Waals surface area contributed by atoms with Gasteiger partial charge in [-0.05, 0) is 48.4 Å². The van der Waals surface area contributed by atoms with Crippen molar-refractivity contribution in [2.75, 3.05) is 27.1 Å². The number of methoxy groups -OCH3 is 1. The molecule has 0 aliphatic carbocycles. The molecular weight excluding hydrogens is 368 g/mol. The molecule has 0 radical (unpaired) electrons. The molecule has 0 fully saturated rings. The number of fused-ring (bicyclic) bond motifs is 1. The molecule has 29 heavy (non-hydrogen) atoms. The van der Waals surface area contributed by atoms with Crippen molar-refractivity contribution in [2.45, 2.75) is 46.5 Å². The normalized spacial score (nSPS) is 11.2. The third kappa shape index (κ3) is 6.23. The molecule has 158 valence electrons. The molecule has 0 saturated carbocycles. The molecule has 0 heterocycles. The zero-order valence-electron chi connectivity index (χ0n) is 18.0. The van der Waals surface area contributed by atoms with Crippen molar-refractivity contribution in [1.29, 1.82) is 0 Å². The molecule has 2 rings (SSSR count). The number of benzene rings is 2. The number of ether oxygens (including phenoxy) is 4. The van der Waals surface area contributed by atoms with E-state index in [9.17, 15) is 4.79 Å². The summed E-state index contributed by atoms with van der Waals surface area (Å²) in [6, 6.07) is 8.06. The van der Waals surface area contributed by atoms with Gasteiger partial charge in [-0.2, -0.15) is 0 Å². The van der Waals surface area contributed by atoms with E-state index in [4.69, 9.17) is 18.9 Å². The Kier molecular flexibility index (Phi) is 9.51. The van der Waals surface area contributed by atoms with Gasteiger partial charge in [0.15, 0.2) is 18.3 Å². The van der Waals surface area contributed by atoms with Crippen LogP contribution >= 0.6 is 0 Å². The summed E-state index contributed by atoms with van der Waals surface area (Å²) >= 11 is 0. The largest absolute Gasteiger partial charge is 0.490 e. The zero-order chi connectivity index (χ0) is 21.1. The molecule has 0 saturated heterocycles. The minimum absolute atomic E-state index is 0.135. The van der Waals surface area contributed by atoms with Crippen molar-refractivity contribution in [2.24, 2.45) is 0 Å². The van der Waals surface area contributed by atoms with Crippen LogP contribution < -0.4 is 9.47 Å². The van der Waals surface area contributed by atoms with Gasteiger partial charge in [0, 0.05) is 18.6 Å². The minimum atomic E-state index is -0.364. The van der Waals surface area contributed by atoms with E-state index in [1.54, 1.807) is 20.1 Å². The first-order chi connectivity index (χ1) is 14.2. The quantitative estimate of drug-likeness (QED) is 0.203. The van der Waals surface area contributed by atoms with Crippen LogP contribution in [0.5, 0.6) is 11.5 Å². The Morgan fingerprint density at radius 1 is 1.10 bits per heavy atom. The molecule has 0 atom stereocenters. The highest BCUT2D eigenvalue weighted by atomic mass is 16.7. The van der Waals surface area contributed by atoms with Crippen LogP contribution in [0.15, 0.2) is 30.3 Å². The van der Waals surface area contributed by atoms with Crippen LogP contribution in [-0.4, -0.2) is 33.1 Å². The second kappa shape index (κ2) is 12.1. The Labute approximate surface area is 173 Å². The van der Waals surface area contributed by atoms with Gasteiger partial charge in [0.2, 0.25) is 0 Å². The van der Waals surface area contributed by atoms with Gasteiger partial charge in [-0.1, -0.05) is 44.9 Å². The summed E-state index contributed by atoms with van der Waals surface area (Å²) in [5.74, 6) is 0.983.